The average molecular weight is 249 g/mol. The van der Waals surface area contributed by atoms with E-state index in [9.17, 15) is 5.11 Å². The molecule has 0 aromatic heterocycles. The maximum absolute atomic E-state index is 9.54. The largest absolute Gasteiger partial charge is 0.508 e. The van der Waals surface area contributed by atoms with Gasteiger partial charge in [-0.15, -0.1) is 0 Å². The topological polar surface area (TPSA) is 29.5 Å². The van der Waals surface area contributed by atoms with Gasteiger partial charge in [-0.1, -0.05) is 29.8 Å². The van der Waals surface area contributed by atoms with Gasteiger partial charge in [0.15, 0.2) is 0 Å². The van der Waals surface area contributed by atoms with Gasteiger partial charge in [0.1, 0.15) is 18.1 Å². The Labute approximate surface area is 105 Å². The lowest BCUT2D eigenvalue weighted by Gasteiger charge is -2.10. The number of rotatable bonds is 3. The SMILES string of the molecule is Cc1c(O)cccc1OCc1cccc(Cl)c1. The molecule has 0 radical (unpaired) electrons. The molecule has 2 rings (SSSR count). The molecule has 0 fully saturated rings. The van der Waals surface area contributed by atoms with E-state index in [-0.39, 0.29) is 5.75 Å². The first-order valence-corrected chi connectivity index (χ1v) is 5.70. The van der Waals surface area contributed by atoms with Crippen molar-refractivity contribution in [2.45, 2.75) is 13.5 Å². The highest BCUT2D eigenvalue weighted by Gasteiger charge is 2.03. The molecule has 0 aliphatic carbocycles. The number of phenolic OH excluding ortho intramolecular Hbond substituents is 1. The van der Waals surface area contributed by atoms with Gasteiger partial charge in [0.2, 0.25) is 0 Å². The minimum Gasteiger partial charge on any atom is -0.508 e. The lowest BCUT2D eigenvalue weighted by Crippen LogP contribution is -1.96. The molecule has 0 saturated carbocycles. The van der Waals surface area contributed by atoms with Gasteiger partial charge in [-0.3, -0.25) is 0 Å². The zero-order chi connectivity index (χ0) is 12.3. The van der Waals surface area contributed by atoms with Gasteiger partial charge in [0, 0.05) is 10.6 Å². The third-order valence-corrected chi connectivity index (χ3v) is 2.77. The van der Waals surface area contributed by atoms with Crippen molar-refractivity contribution in [1.82, 2.24) is 0 Å². The summed E-state index contributed by atoms with van der Waals surface area (Å²) in [7, 11) is 0. The highest BCUT2D eigenvalue weighted by molar-refractivity contribution is 6.30. The first kappa shape index (κ1) is 11.8. The summed E-state index contributed by atoms with van der Waals surface area (Å²) < 4.78 is 5.64. The minimum absolute atomic E-state index is 0.244. The van der Waals surface area contributed by atoms with Crippen molar-refractivity contribution < 1.29 is 9.84 Å². The molecule has 0 bridgehead atoms. The molecular formula is C14H13ClO2. The Bertz CT molecular complexity index is 523. The molecule has 0 amide bonds. The van der Waals surface area contributed by atoms with E-state index in [1.807, 2.05) is 37.3 Å². The zero-order valence-corrected chi connectivity index (χ0v) is 10.2. The molecule has 0 aliphatic rings. The average Bonchev–Trinajstić information content (AvgIpc) is 2.31. The van der Waals surface area contributed by atoms with E-state index in [2.05, 4.69) is 0 Å². The van der Waals surface area contributed by atoms with Gasteiger partial charge in [-0.05, 0) is 36.8 Å². The highest BCUT2D eigenvalue weighted by Crippen LogP contribution is 2.26. The van der Waals surface area contributed by atoms with E-state index in [4.69, 9.17) is 16.3 Å². The van der Waals surface area contributed by atoms with Crippen LogP contribution in [0.25, 0.3) is 0 Å². The molecule has 3 heteroatoms. The van der Waals surface area contributed by atoms with Gasteiger partial charge in [-0.2, -0.15) is 0 Å². The second kappa shape index (κ2) is 5.11. The number of hydrogen-bond donors (Lipinski definition) is 1. The van der Waals surface area contributed by atoms with Crippen LogP contribution in [0, 0.1) is 6.92 Å². The van der Waals surface area contributed by atoms with E-state index >= 15 is 0 Å². The summed E-state index contributed by atoms with van der Waals surface area (Å²) in [6, 6.07) is 12.8. The quantitative estimate of drug-likeness (QED) is 0.892. The van der Waals surface area contributed by atoms with Crippen molar-refractivity contribution in [3.8, 4) is 11.5 Å². The first-order valence-electron chi connectivity index (χ1n) is 5.32. The summed E-state index contributed by atoms with van der Waals surface area (Å²) in [6.07, 6.45) is 0. The van der Waals surface area contributed by atoms with Crippen LogP contribution in [0.4, 0.5) is 0 Å². The Morgan fingerprint density at radius 2 is 1.94 bits per heavy atom. The standard InChI is InChI=1S/C14H13ClO2/c1-10-13(16)6-3-7-14(10)17-9-11-4-2-5-12(15)8-11/h2-8,16H,9H2,1H3. The van der Waals surface area contributed by atoms with E-state index in [0.717, 1.165) is 11.1 Å². The van der Waals surface area contributed by atoms with Crippen molar-refractivity contribution in [3.05, 3.63) is 58.6 Å². The van der Waals surface area contributed by atoms with Crippen LogP contribution in [-0.2, 0) is 6.61 Å². The Hall–Kier alpha value is -1.67. The smallest absolute Gasteiger partial charge is 0.126 e. The van der Waals surface area contributed by atoms with Crippen LogP contribution in [0.2, 0.25) is 5.02 Å². The summed E-state index contributed by atoms with van der Waals surface area (Å²) >= 11 is 5.89. The molecule has 2 aromatic rings. The second-order valence-electron chi connectivity index (χ2n) is 3.82. The van der Waals surface area contributed by atoms with E-state index in [1.54, 1.807) is 12.1 Å². The maximum Gasteiger partial charge on any atom is 0.126 e. The minimum atomic E-state index is 0.244. The molecular weight excluding hydrogens is 236 g/mol. The van der Waals surface area contributed by atoms with Crippen LogP contribution in [0.3, 0.4) is 0 Å². The summed E-state index contributed by atoms with van der Waals surface area (Å²) in [6.45, 7) is 2.26. The predicted molar refractivity (Wildman–Crippen MR) is 68.6 cm³/mol. The maximum atomic E-state index is 9.54. The summed E-state index contributed by atoms with van der Waals surface area (Å²) in [5, 5.41) is 10.2. The van der Waals surface area contributed by atoms with Crippen molar-refractivity contribution in [3.63, 3.8) is 0 Å². The number of aromatic hydroxyl groups is 1. The summed E-state index contributed by atoms with van der Waals surface area (Å²) in [5.41, 5.74) is 1.75. The molecule has 2 aromatic carbocycles. The summed E-state index contributed by atoms with van der Waals surface area (Å²) in [4.78, 5) is 0. The molecule has 2 nitrogen and oxygen atoms in total. The fourth-order valence-electron chi connectivity index (χ4n) is 1.55. The fourth-order valence-corrected chi connectivity index (χ4v) is 1.76. The Kier molecular flexibility index (Phi) is 3.55. The van der Waals surface area contributed by atoms with Crippen LogP contribution in [0.5, 0.6) is 11.5 Å². The number of benzene rings is 2. The van der Waals surface area contributed by atoms with E-state index in [1.165, 1.54) is 0 Å². The van der Waals surface area contributed by atoms with E-state index in [0.29, 0.717) is 17.4 Å². The van der Waals surface area contributed by atoms with Crippen LogP contribution < -0.4 is 4.74 Å². The molecule has 1 N–H and O–H groups in total. The van der Waals surface area contributed by atoms with Crippen LogP contribution in [0.1, 0.15) is 11.1 Å². The molecule has 88 valence electrons. The fraction of sp³-hybridized carbons (Fsp3) is 0.143. The molecule has 0 atom stereocenters. The second-order valence-corrected chi connectivity index (χ2v) is 4.26. The third-order valence-electron chi connectivity index (χ3n) is 2.54. The molecule has 0 heterocycles. The molecule has 0 saturated heterocycles. The van der Waals surface area contributed by atoms with Crippen molar-refractivity contribution in [2.24, 2.45) is 0 Å². The van der Waals surface area contributed by atoms with Crippen LogP contribution >= 0.6 is 11.6 Å². The number of ether oxygens (including phenoxy) is 1. The zero-order valence-electron chi connectivity index (χ0n) is 9.48. The number of hydrogen-bond acceptors (Lipinski definition) is 2. The van der Waals surface area contributed by atoms with Gasteiger partial charge in [-0.25, -0.2) is 0 Å². The first-order chi connectivity index (χ1) is 8.16. The highest BCUT2D eigenvalue weighted by atomic mass is 35.5. The number of halogens is 1. The summed E-state index contributed by atoms with van der Waals surface area (Å²) in [5.74, 6) is 0.929. The number of phenols is 1. The Balaban J connectivity index is 2.10. The van der Waals surface area contributed by atoms with Crippen LogP contribution in [0.15, 0.2) is 42.5 Å². The monoisotopic (exact) mass is 248 g/mol. The van der Waals surface area contributed by atoms with E-state index < -0.39 is 0 Å². The van der Waals surface area contributed by atoms with Gasteiger partial charge < -0.3 is 9.84 Å². The molecule has 0 aliphatic heterocycles. The van der Waals surface area contributed by atoms with Gasteiger partial charge >= 0.3 is 0 Å². The van der Waals surface area contributed by atoms with Gasteiger partial charge in [0.05, 0.1) is 0 Å². The lowest BCUT2D eigenvalue weighted by molar-refractivity contribution is 0.302. The molecule has 17 heavy (non-hydrogen) atoms. The van der Waals surface area contributed by atoms with Crippen molar-refractivity contribution in [2.75, 3.05) is 0 Å². The van der Waals surface area contributed by atoms with Crippen molar-refractivity contribution >= 4 is 11.6 Å². The lowest BCUT2D eigenvalue weighted by atomic mass is 10.2. The Morgan fingerprint density at radius 1 is 1.18 bits per heavy atom. The Morgan fingerprint density at radius 3 is 2.71 bits per heavy atom. The van der Waals surface area contributed by atoms with Crippen molar-refractivity contribution in [1.29, 1.82) is 0 Å². The molecule has 0 spiro atoms. The normalized spacial score (nSPS) is 10.2. The van der Waals surface area contributed by atoms with Crippen LogP contribution in [-0.4, -0.2) is 5.11 Å². The predicted octanol–water partition coefficient (Wildman–Crippen LogP) is 3.93. The third kappa shape index (κ3) is 2.92. The van der Waals surface area contributed by atoms with Gasteiger partial charge in [0.25, 0.3) is 0 Å². The molecule has 0 unspecified atom stereocenters.